The number of likely N-dealkylation sites (tertiary alicyclic amines) is 1. The van der Waals surface area contributed by atoms with Crippen molar-refractivity contribution in [3.8, 4) is 5.75 Å². The van der Waals surface area contributed by atoms with Gasteiger partial charge in [-0.2, -0.15) is 0 Å². The number of amidine groups is 1. The normalized spacial score (nSPS) is 15.3. The Balaban J connectivity index is 1.35. The van der Waals surface area contributed by atoms with Crippen LogP contribution in [0, 0.1) is 6.92 Å². The van der Waals surface area contributed by atoms with Crippen molar-refractivity contribution >= 4 is 52.1 Å². The predicted octanol–water partition coefficient (Wildman–Crippen LogP) is 7.10. The smallest absolute Gasteiger partial charge is 0.413 e. The van der Waals surface area contributed by atoms with E-state index < -0.39 is 59.9 Å². The maximum atomic E-state index is 14.0. The summed E-state index contributed by atoms with van der Waals surface area (Å²) in [5.74, 6) is -1.80. The Morgan fingerprint density at radius 1 is 0.917 bits per heavy atom. The first kappa shape index (κ1) is 44.6. The highest BCUT2D eigenvalue weighted by Crippen LogP contribution is 2.28. The summed E-state index contributed by atoms with van der Waals surface area (Å²) in [5.41, 5.74) is 6.21. The number of nitrogens with two attached hydrogens (primary N) is 1. The number of oxime groups is 1. The van der Waals surface area contributed by atoms with E-state index in [0.717, 1.165) is 11.3 Å². The van der Waals surface area contributed by atoms with Gasteiger partial charge >= 0.3 is 24.1 Å². The maximum absolute atomic E-state index is 14.0. The van der Waals surface area contributed by atoms with Crippen LogP contribution in [0.25, 0.3) is 0 Å². The molecule has 4 N–H and O–H groups in total. The number of amides is 2. The highest BCUT2D eigenvalue weighted by molar-refractivity contribution is 7.16. The molecule has 0 unspecified atom stereocenters. The van der Waals surface area contributed by atoms with Crippen LogP contribution in [0.4, 0.5) is 14.7 Å². The number of anilines is 1. The lowest BCUT2D eigenvalue weighted by molar-refractivity contribution is -0.163. The van der Waals surface area contributed by atoms with Crippen molar-refractivity contribution in [3.05, 3.63) is 112 Å². The van der Waals surface area contributed by atoms with E-state index in [0.29, 0.717) is 46.8 Å². The number of aliphatic imine (C=N–C) groups is 1. The number of carboxylic acids is 1. The minimum atomic E-state index is -1.57. The third-order valence-electron chi connectivity index (χ3n) is 8.49. The number of benzene rings is 3. The molecule has 2 amide bonds. The second-order valence-electron chi connectivity index (χ2n) is 15.7. The van der Waals surface area contributed by atoms with Crippen molar-refractivity contribution in [1.82, 2.24) is 9.88 Å². The molecule has 1 aromatic heterocycles. The van der Waals surface area contributed by atoms with Gasteiger partial charge in [-0.05, 0) is 90.3 Å². The number of aliphatic carboxylic acids is 1. The Morgan fingerprint density at radius 2 is 1.52 bits per heavy atom. The Hall–Kier alpha value is -6.49. The number of hydrogen-bond donors (Lipinski definition) is 3. The van der Waals surface area contributed by atoms with E-state index in [1.165, 1.54) is 0 Å². The molecule has 1 aliphatic heterocycles. The van der Waals surface area contributed by atoms with Gasteiger partial charge in [-0.25, -0.2) is 24.2 Å². The highest BCUT2D eigenvalue weighted by atomic mass is 32.1. The number of carbonyl (C=O) groups excluding carboxylic acids is 3. The van der Waals surface area contributed by atoms with Crippen LogP contribution in [0.1, 0.15) is 81.3 Å². The van der Waals surface area contributed by atoms with E-state index in [-0.39, 0.29) is 22.7 Å². The lowest BCUT2D eigenvalue weighted by Crippen LogP contribution is -2.35. The summed E-state index contributed by atoms with van der Waals surface area (Å²) < 4.78 is 22.8. The molecule has 0 aliphatic carbocycles. The molecule has 2 atom stereocenters. The summed E-state index contributed by atoms with van der Waals surface area (Å²) in [4.78, 5) is 68.0. The zero-order valence-electron chi connectivity index (χ0n) is 34.5. The SMILES string of the molecule is Cc1sc(NC(=O)OC(C)(C)C)nc1/C(=N/O[C@@H](COc1ccc(C(N)=N[C@@H]2CCN(C(=O)OC(C)(C)C)C2)cc1)C(=O)OC(c1ccccc1)c1ccccc1)C(=O)O. The van der Waals surface area contributed by atoms with Crippen molar-refractivity contribution in [2.75, 3.05) is 25.0 Å². The fraction of sp³-hybridized carbons (Fsp3) is 0.372. The van der Waals surface area contributed by atoms with Gasteiger partial charge < -0.3 is 39.5 Å². The van der Waals surface area contributed by atoms with E-state index in [9.17, 15) is 24.3 Å². The minimum Gasteiger partial charge on any atom is -0.489 e. The van der Waals surface area contributed by atoms with Gasteiger partial charge in [0.2, 0.25) is 5.71 Å². The number of nitrogens with zero attached hydrogens (tertiary/aromatic N) is 4. The molecule has 0 radical (unpaired) electrons. The summed E-state index contributed by atoms with van der Waals surface area (Å²) in [6.07, 6.45) is -2.97. The first-order valence-electron chi connectivity index (χ1n) is 19.1. The zero-order chi connectivity index (χ0) is 43.6. The Labute approximate surface area is 352 Å². The molecule has 1 fully saturated rings. The molecule has 0 bridgehead atoms. The number of carboxylic acid groups (broad SMARTS) is 1. The molecule has 0 spiro atoms. The molecule has 2 heterocycles. The number of carbonyl (C=O) groups is 4. The van der Waals surface area contributed by atoms with E-state index in [1.54, 1.807) is 56.9 Å². The van der Waals surface area contributed by atoms with Gasteiger partial charge in [0.1, 0.15) is 35.1 Å². The van der Waals surface area contributed by atoms with Gasteiger partial charge in [0.25, 0.3) is 6.10 Å². The van der Waals surface area contributed by atoms with Crippen LogP contribution in [0.2, 0.25) is 0 Å². The average molecular weight is 843 g/mol. The second-order valence-corrected chi connectivity index (χ2v) is 16.9. The number of aryl methyl sites for hydroxylation is 1. The monoisotopic (exact) mass is 842 g/mol. The van der Waals surface area contributed by atoms with Crippen LogP contribution >= 0.6 is 11.3 Å². The van der Waals surface area contributed by atoms with Crippen LogP contribution in [0.3, 0.4) is 0 Å². The third-order valence-corrected chi connectivity index (χ3v) is 9.38. The summed E-state index contributed by atoms with van der Waals surface area (Å²) in [7, 11) is 0. The van der Waals surface area contributed by atoms with Crippen molar-refractivity contribution in [3.63, 3.8) is 0 Å². The summed E-state index contributed by atoms with van der Waals surface area (Å²) in [5, 5.41) is 16.6. The Kier molecular flexibility index (Phi) is 14.5. The standard InChI is InChI=1S/C43H50N6O10S/c1-26-33(46-39(60-26)47-40(53)57-42(2,3)4)34(37(50)51)48-59-32(38(52)56-35(27-14-10-8-11-15-27)28-16-12-9-13-17-28)25-55-31-20-18-29(19-21-31)36(44)45-30-22-23-49(24-30)41(54)58-43(5,6)7/h8-21,30,32,35H,22-25H2,1-7H3,(H2,44,45)(H,50,51)(H,46,47,53)/b48-34-/t30-,32+/m1/s1. The van der Waals surface area contributed by atoms with Crippen LogP contribution in [-0.4, -0.2) is 93.7 Å². The van der Waals surface area contributed by atoms with Crippen LogP contribution < -0.4 is 15.8 Å². The Bertz CT molecular complexity index is 2140. The van der Waals surface area contributed by atoms with Crippen molar-refractivity contribution in [2.24, 2.45) is 15.9 Å². The molecular formula is C43H50N6O10S. The summed E-state index contributed by atoms with van der Waals surface area (Å²) >= 11 is 1.00. The van der Waals surface area contributed by atoms with Gasteiger partial charge in [0.15, 0.2) is 11.2 Å². The molecule has 0 saturated carbocycles. The number of ether oxygens (including phenoxy) is 4. The fourth-order valence-corrected chi connectivity index (χ4v) is 6.58. The summed E-state index contributed by atoms with van der Waals surface area (Å²) in [6, 6.07) is 24.6. The van der Waals surface area contributed by atoms with E-state index in [2.05, 4.69) is 20.4 Å². The molecule has 17 heteroatoms. The number of thiazole rings is 1. The number of rotatable bonds is 14. The third kappa shape index (κ3) is 13.0. The molecule has 60 heavy (non-hydrogen) atoms. The number of nitrogens with one attached hydrogen (secondary N) is 1. The number of aromatic nitrogens is 1. The predicted molar refractivity (Wildman–Crippen MR) is 225 cm³/mol. The van der Waals surface area contributed by atoms with E-state index >= 15 is 0 Å². The topological polar surface area (TPSA) is 214 Å². The molecule has 4 aromatic rings. The average Bonchev–Trinajstić information content (AvgIpc) is 3.80. The molecule has 318 valence electrons. The van der Waals surface area contributed by atoms with E-state index in [1.807, 2.05) is 81.4 Å². The molecular weight excluding hydrogens is 793 g/mol. The van der Waals surface area contributed by atoms with Gasteiger partial charge in [0.05, 0.1) is 6.04 Å². The number of hydrogen-bond acceptors (Lipinski definition) is 13. The van der Waals surface area contributed by atoms with Crippen LogP contribution in [-0.2, 0) is 28.6 Å². The maximum Gasteiger partial charge on any atom is 0.413 e. The van der Waals surface area contributed by atoms with Gasteiger partial charge in [-0.15, -0.1) is 11.3 Å². The van der Waals surface area contributed by atoms with Crippen LogP contribution in [0.5, 0.6) is 5.75 Å². The molecule has 5 rings (SSSR count). The lowest BCUT2D eigenvalue weighted by atomic mass is 10.0. The molecule has 1 saturated heterocycles. The Morgan fingerprint density at radius 3 is 2.08 bits per heavy atom. The largest absolute Gasteiger partial charge is 0.489 e. The quantitative estimate of drug-likeness (QED) is 0.0381. The van der Waals surface area contributed by atoms with Gasteiger partial charge in [0, 0.05) is 23.5 Å². The first-order chi connectivity index (χ1) is 28.3. The van der Waals surface area contributed by atoms with E-state index in [4.69, 9.17) is 29.5 Å². The summed E-state index contributed by atoms with van der Waals surface area (Å²) in [6.45, 7) is 12.6. The minimum absolute atomic E-state index is 0.0682. The highest BCUT2D eigenvalue weighted by Gasteiger charge is 2.32. The lowest BCUT2D eigenvalue weighted by Gasteiger charge is -2.24. The van der Waals surface area contributed by atoms with Gasteiger partial charge in [-0.3, -0.25) is 10.3 Å². The second kappa shape index (κ2) is 19.5. The van der Waals surface area contributed by atoms with Gasteiger partial charge in [-0.1, -0.05) is 65.8 Å². The van der Waals surface area contributed by atoms with Crippen molar-refractivity contribution in [1.29, 1.82) is 0 Å². The van der Waals surface area contributed by atoms with Crippen LogP contribution in [0.15, 0.2) is 95.1 Å². The molecule has 3 aromatic carbocycles. The van der Waals surface area contributed by atoms with Crippen molar-refractivity contribution < 1.29 is 48.1 Å². The fourth-order valence-electron chi connectivity index (χ4n) is 5.78. The number of esters is 1. The van der Waals surface area contributed by atoms with Crippen molar-refractivity contribution in [2.45, 2.75) is 84.3 Å². The molecule has 1 aliphatic rings. The molecule has 16 nitrogen and oxygen atoms in total. The first-order valence-corrected chi connectivity index (χ1v) is 20.0. The zero-order valence-corrected chi connectivity index (χ0v) is 35.4.